The molecular formula is C33H35F2N5O4. The lowest BCUT2D eigenvalue weighted by Crippen LogP contribution is -2.46. The molecule has 1 aromatic heterocycles. The number of pyridine rings is 1. The second-order valence-electron chi connectivity index (χ2n) is 10.6. The molecule has 0 amide bonds. The van der Waals surface area contributed by atoms with E-state index >= 15 is 8.78 Å². The van der Waals surface area contributed by atoms with Crippen LogP contribution in [-0.2, 0) is 6.54 Å². The molecule has 0 bridgehead atoms. The quantitative estimate of drug-likeness (QED) is 0.227. The van der Waals surface area contributed by atoms with E-state index in [0.717, 1.165) is 23.2 Å². The van der Waals surface area contributed by atoms with Crippen LogP contribution in [0.4, 0.5) is 20.2 Å². The van der Waals surface area contributed by atoms with E-state index < -0.39 is 29.4 Å². The zero-order valence-corrected chi connectivity index (χ0v) is 24.9. The third kappa shape index (κ3) is 6.58. The topological polar surface area (TPSA) is 104 Å². The van der Waals surface area contributed by atoms with Gasteiger partial charge in [0.1, 0.15) is 22.7 Å². The number of nitrogens with zero attached hydrogens (tertiary/aromatic N) is 4. The van der Waals surface area contributed by atoms with Gasteiger partial charge in [0.15, 0.2) is 0 Å². The number of aromatic carboxylic acids is 1. The molecule has 0 saturated carbocycles. The summed E-state index contributed by atoms with van der Waals surface area (Å²) in [5.41, 5.74) is 8.54. The normalized spacial score (nSPS) is 13.5. The molecule has 11 heteroatoms. The lowest BCUT2D eigenvalue weighted by atomic mass is 10.0. The highest BCUT2D eigenvalue weighted by Gasteiger charge is 2.30. The fourth-order valence-corrected chi connectivity index (χ4v) is 5.07. The number of carboxylic acids is 1. The summed E-state index contributed by atoms with van der Waals surface area (Å²) in [6.45, 7) is 5.20. The third-order valence-corrected chi connectivity index (χ3v) is 7.59. The van der Waals surface area contributed by atoms with Gasteiger partial charge in [-0.05, 0) is 53.6 Å². The minimum absolute atomic E-state index is 0.142. The Bertz CT molecular complexity index is 1660. The molecule has 1 aliphatic heterocycles. The number of piperazine rings is 1. The van der Waals surface area contributed by atoms with Crippen LogP contribution in [0.3, 0.4) is 0 Å². The number of ether oxygens (including phenoxy) is 2. The van der Waals surface area contributed by atoms with E-state index in [1.54, 1.807) is 48.2 Å². The Hall–Kier alpha value is -4.74. The van der Waals surface area contributed by atoms with Crippen molar-refractivity contribution in [2.75, 3.05) is 56.6 Å². The van der Waals surface area contributed by atoms with Crippen molar-refractivity contribution in [3.05, 3.63) is 89.5 Å². The Balaban J connectivity index is 1.58. The maximum absolute atomic E-state index is 16.1. The maximum atomic E-state index is 16.1. The Morgan fingerprint density at radius 3 is 2.23 bits per heavy atom. The lowest BCUT2D eigenvalue weighted by Gasteiger charge is -2.35. The summed E-state index contributed by atoms with van der Waals surface area (Å²) >= 11 is 0. The zero-order valence-electron chi connectivity index (χ0n) is 24.9. The van der Waals surface area contributed by atoms with Crippen LogP contribution in [0.15, 0.2) is 66.7 Å². The number of anilines is 2. The second-order valence-corrected chi connectivity index (χ2v) is 10.6. The van der Waals surface area contributed by atoms with Crippen LogP contribution in [0.2, 0.25) is 0 Å². The van der Waals surface area contributed by atoms with E-state index in [9.17, 15) is 9.90 Å². The second kappa shape index (κ2) is 13.3. The van der Waals surface area contributed by atoms with Crippen molar-refractivity contribution in [1.29, 1.82) is 0 Å². The van der Waals surface area contributed by atoms with Gasteiger partial charge in [0.2, 0.25) is 11.6 Å². The number of halogens is 2. The molecule has 1 saturated heterocycles. The number of benzene rings is 3. The molecule has 1 fully saturated rings. The first-order valence-electron chi connectivity index (χ1n) is 14.3. The molecule has 5 rings (SSSR count). The van der Waals surface area contributed by atoms with E-state index in [1.807, 2.05) is 37.3 Å². The molecule has 0 atom stereocenters. The molecule has 44 heavy (non-hydrogen) atoms. The van der Waals surface area contributed by atoms with Crippen LogP contribution in [-0.4, -0.2) is 67.8 Å². The van der Waals surface area contributed by atoms with Crippen LogP contribution in [0, 0.1) is 11.6 Å². The average molecular weight is 604 g/mol. The first-order valence-corrected chi connectivity index (χ1v) is 14.3. The van der Waals surface area contributed by atoms with Gasteiger partial charge in [-0.3, -0.25) is 0 Å². The van der Waals surface area contributed by atoms with Gasteiger partial charge in [-0.25, -0.2) is 4.79 Å². The number of likely N-dealkylation sites (N-methyl/N-ethyl adjacent to an activating group) is 1. The van der Waals surface area contributed by atoms with Crippen LogP contribution in [0.1, 0.15) is 22.8 Å². The number of carbonyl (C=O) groups is 1. The van der Waals surface area contributed by atoms with Crippen LogP contribution < -0.4 is 25.0 Å². The molecule has 0 radical (unpaired) electrons. The standard InChI is InChI=1S/C33H35F2N5O4/c1-4-39-13-15-40(16-14-39)30-28(34)31(43-25-10-6-9-23(18-25)22-8-5-7-21(17-22)20-36)37-32(29(30)35)44-27-19-24(38(2)3)11-12-26(27)33(41)42/h5-12,17-19H,4,13-16,20,36H2,1-3H3,(H,41,42). The average Bonchev–Trinajstić information content (AvgIpc) is 3.03. The fraction of sp³-hybridized carbons (Fsp3) is 0.273. The minimum atomic E-state index is -1.27. The number of carboxylic acid groups (broad SMARTS) is 1. The molecule has 3 N–H and O–H groups in total. The number of hydrogen-bond acceptors (Lipinski definition) is 8. The monoisotopic (exact) mass is 603 g/mol. The molecule has 0 aliphatic carbocycles. The summed E-state index contributed by atoms with van der Waals surface area (Å²) in [7, 11) is 3.55. The summed E-state index contributed by atoms with van der Waals surface area (Å²) in [5.74, 6) is -4.25. The van der Waals surface area contributed by atoms with Gasteiger partial charge in [0.25, 0.3) is 11.8 Å². The number of rotatable bonds is 10. The highest BCUT2D eigenvalue weighted by Crippen LogP contribution is 2.40. The predicted octanol–water partition coefficient (Wildman–Crippen LogP) is 5.98. The van der Waals surface area contributed by atoms with Gasteiger partial charge in [0, 0.05) is 58.6 Å². The summed E-state index contributed by atoms with van der Waals surface area (Å²) in [4.78, 5) is 21.6. The van der Waals surface area contributed by atoms with E-state index in [-0.39, 0.29) is 22.7 Å². The number of hydrogen-bond donors (Lipinski definition) is 2. The van der Waals surface area contributed by atoms with Gasteiger partial charge < -0.3 is 35.0 Å². The molecule has 0 unspecified atom stereocenters. The van der Waals surface area contributed by atoms with Crippen molar-refractivity contribution < 1.29 is 28.2 Å². The zero-order chi connectivity index (χ0) is 31.4. The maximum Gasteiger partial charge on any atom is 0.339 e. The summed E-state index contributed by atoms with van der Waals surface area (Å²) in [5, 5.41) is 9.78. The van der Waals surface area contributed by atoms with E-state index in [4.69, 9.17) is 15.2 Å². The van der Waals surface area contributed by atoms with Crippen molar-refractivity contribution in [2.45, 2.75) is 13.5 Å². The number of nitrogens with two attached hydrogens (primary N) is 1. The lowest BCUT2D eigenvalue weighted by molar-refractivity contribution is 0.0694. The molecule has 1 aliphatic rings. The van der Waals surface area contributed by atoms with Crippen LogP contribution >= 0.6 is 0 Å². The molecule has 2 heterocycles. The molecule has 3 aromatic carbocycles. The first kappa shape index (κ1) is 30.7. The Morgan fingerprint density at radius 2 is 1.59 bits per heavy atom. The van der Waals surface area contributed by atoms with Crippen molar-refractivity contribution in [3.63, 3.8) is 0 Å². The molecular weight excluding hydrogens is 568 g/mol. The largest absolute Gasteiger partial charge is 0.478 e. The third-order valence-electron chi connectivity index (χ3n) is 7.59. The van der Waals surface area contributed by atoms with Gasteiger partial charge in [-0.1, -0.05) is 37.3 Å². The number of aromatic nitrogens is 1. The molecule has 4 aromatic rings. The Labute approximate surface area is 255 Å². The summed E-state index contributed by atoms with van der Waals surface area (Å²) < 4.78 is 44.1. The van der Waals surface area contributed by atoms with Crippen LogP contribution in [0.25, 0.3) is 11.1 Å². The summed E-state index contributed by atoms with van der Waals surface area (Å²) in [6, 6.07) is 19.2. The van der Waals surface area contributed by atoms with Gasteiger partial charge in [-0.2, -0.15) is 13.8 Å². The van der Waals surface area contributed by atoms with Gasteiger partial charge >= 0.3 is 5.97 Å². The van der Waals surface area contributed by atoms with Crippen LogP contribution in [0.5, 0.6) is 23.3 Å². The highest BCUT2D eigenvalue weighted by molar-refractivity contribution is 5.91. The molecule has 9 nitrogen and oxygen atoms in total. The predicted molar refractivity (Wildman–Crippen MR) is 166 cm³/mol. The minimum Gasteiger partial charge on any atom is -0.478 e. The first-order chi connectivity index (χ1) is 21.2. The van der Waals surface area contributed by atoms with E-state index in [2.05, 4.69) is 9.88 Å². The van der Waals surface area contributed by atoms with E-state index in [0.29, 0.717) is 38.4 Å². The Kier molecular flexibility index (Phi) is 9.26. The molecule has 230 valence electrons. The van der Waals surface area contributed by atoms with Crippen molar-refractivity contribution in [1.82, 2.24) is 9.88 Å². The Morgan fingerprint density at radius 1 is 0.932 bits per heavy atom. The fourth-order valence-electron chi connectivity index (χ4n) is 5.07. The van der Waals surface area contributed by atoms with Crippen molar-refractivity contribution in [3.8, 4) is 34.4 Å². The summed E-state index contributed by atoms with van der Waals surface area (Å²) in [6.07, 6.45) is 0. The van der Waals surface area contributed by atoms with Crippen molar-refractivity contribution in [2.24, 2.45) is 5.73 Å². The van der Waals surface area contributed by atoms with E-state index in [1.165, 1.54) is 12.1 Å². The van der Waals surface area contributed by atoms with Crippen molar-refractivity contribution >= 4 is 17.3 Å². The van der Waals surface area contributed by atoms with Gasteiger partial charge in [-0.15, -0.1) is 0 Å². The smallest absolute Gasteiger partial charge is 0.339 e. The highest BCUT2D eigenvalue weighted by atomic mass is 19.1. The van der Waals surface area contributed by atoms with Gasteiger partial charge in [0.05, 0.1) is 0 Å². The SMILES string of the molecule is CCN1CCN(c2c(F)c(Oc3cccc(-c4cccc(CN)c4)c3)nc(Oc3cc(N(C)C)ccc3C(=O)O)c2F)CC1. The molecule has 0 spiro atoms.